The van der Waals surface area contributed by atoms with Crippen LogP contribution < -0.4 is 29.6 Å². The Morgan fingerprint density at radius 3 is 1.78 bits per heavy atom. The van der Waals surface area contributed by atoms with Crippen molar-refractivity contribution in [3.8, 4) is 0 Å². The van der Waals surface area contributed by atoms with Crippen LogP contribution in [0.4, 0.5) is 0 Å². The van der Waals surface area contributed by atoms with E-state index >= 15 is 0 Å². The van der Waals surface area contributed by atoms with Gasteiger partial charge in [0, 0.05) is 0 Å². The SMILES string of the molecule is CCCCCCCCCCCCOS(=O)(=O)c1ccccc1.[Na+]. The van der Waals surface area contributed by atoms with E-state index in [0.717, 1.165) is 12.8 Å². The molecule has 5 heteroatoms. The summed E-state index contributed by atoms with van der Waals surface area (Å²) < 4.78 is 28.8. The van der Waals surface area contributed by atoms with Gasteiger partial charge in [-0.2, -0.15) is 8.42 Å². The summed E-state index contributed by atoms with van der Waals surface area (Å²) in [5, 5.41) is 0. The molecule has 0 aliphatic heterocycles. The van der Waals surface area contributed by atoms with E-state index in [9.17, 15) is 8.42 Å². The van der Waals surface area contributed by atoms with E-state index in [-0.39, 0.29) is 41.1 Å². The van der Waals surface area contributed by atoms with Gasteiger partial charge in [0.15, 0.2) is 0 Å². The first-order valence-electron chi connectivity index (χ1n) is 8.61. The van der Waals surface area contributed by atoms with Gasteiger partial charge in [-0.25, -0.2) is 0 Å². The minimum atomic E-state index is -3.57. The molecule has 0 saturated carbocycles. The minimum Gasteiger partial charge on any atom is -0.266 e. The van der Waals surface area contributed by atoms with E-state index in [0.29, 0.717) is 0 Å². The molecular formula is C18H30NaO3S+. The predicted molar refractivity (Wildman–Crippen MR) is 91.4 cm³/mol. The maximum atomic E-state index is 11.9. The summed E-state index contributed by atoms with van der Waals surface area (Å²) in [6.07, 6.45) is 12.3. The standard InChI is InChI=1S/C18H30O3S.Na/c1-2-3-4-5-6-7-8-9-10-14-17-21-22(19,20)18-15-12-11-13-16-18;/h11-13,15-16H,2-10,14,17H2,1H3;/q;+1. The second-order valence-corrected chi connectivity index (χ2v) is 7.39. The van der Waals surface area contributed by atoms with Gasteiger partial charge in [0.2, 0.25) is 0 Å². The number of benzene rings is 1. The average molecular weight is 349 g/mol. The van der Waals surface area contributed by atoms with Crippen molar-refractivity contribution in [2.24, 2.45) is 0 Å². The average Bonchev–Trinajstić information content (AvgIpc) is 2.53. The number of rotatable bonds is 13. The molecule has 0 aromatic heterocycles. The van der Waals surface area contributed by atoms with Crippen molar-refractivity contribution in [1.82, 2.24) is 0 Å². The molecule has 0 spiro atoms. The van der Waals surface area contributed by atoms with Gasteiger partial charge >= 0.3 is 29.6 Å². The quantitative estimate of drug-likeness (QED) is 0.312. The summed E-state index contributed by atoms with van der Waals surface area (Å²) in [4.78, 5) is 0.238. The molecule has 0 radical (unpaired) electrons. The zero-order valence-corrected chi connectivity index (χ0v) is 17.6. The number of hydrogen-bond acceptors (Lipinski definition) is 3. The van der Waals surface area contributed by atoms with Crippen LogP contribution >= 0.6 is 0 Å². The summed E-state index contributed by atoms with van der Waals surface area (Å²) in [6.45, 7) is 2.52. The van der Waals surface area contributed by atoms with E-state index in [1.165, 1.54) is 51.4 Å². The van der Waals surface area contributed by atoms with E-state index < -0.39 is 10.1 Å². The van der Waals surface area contributed by atoms with Gasteiger partial charge in [-0.15, -0.1) is 0 Å². The Morgan fingerprint density at radius 1 is 0.783 bits per heavy atom. The summed E-state index contributed by atoms with van der Waals surface area (Å²) in [6, 6.07) is 8.33. The van der Waals surface area contributed by atoms with E-state index in [1.807, 2.05) is 0 Å². The van der Waals surface area contributed by atoms with Crippen molar-refractivity contribution in [2.75, 3.05) is 6.61 Å². The maximum Gasteiger partial charge on any atom is 1.00 e. The first kappa shape index (κ1) is 23.1. The van der Waals surface area contributed by atoms with Crippen LogP contribution in [0.15, 0.2) is 35.2 Å². The molecule has 23 heavy (non-hydrogen) atoms. The molecule has 0 saturated heterocycles. The van der Waals surface area contributed by atoms with Crippen LogP contribution in [0.25, 0.3) is 0 Å². The van der Waals surface area contributed by atoms with Crippen molar-refractivity contribution < 1.29 is 42.2 Å². The Kier molecular flexibility index (Phi) is 14.6. The molecule has 0 heterocycles. The van der Waals surface area contributed by atoms with E-state index in [4.69, 9.17) is 4.18 Å². The third-order valence-electron chi connectivity index (χ3n) is 3.77. The largest absolute Gasteiger partial charge is 1.00 e. The smallest absolute Gasteiger partial charge is 0.266 e. The molecule has 1 aromatic carbocycles. The van der Waals surface area contributed by atoms with Crippen LogP contribution in [0.3, 0.4) is 0 Å². The predicted octanol–water partition coefficient (Wildman–Crippen LogP) is 2.32. The van der Waals surface area contributed by atoms with Crippen molar-refractivity contribution in [3.63, 3.8) is 0 Å². The zero-order valence-electron chi connectivity index (χ0n) is 14.8. The van der Waals surface area contributed by atoms with Gasteiger partial charge in [0.1, 0.15) is 0 Å². The maximum absolute atomic E-state index is 11.9. The number of hydrogen-bond donors (Lipinski definition) is 0. The topological polar surface area (TPSA) is 43.4 Å². The molecule has 0 bridgehead atoms. The summed E-state index contributed by atoms with van der Waals surface area (Å²) in [7, 11) is -3.57. The minimum absolute atomic E-state index is 0. The molecule has 0 unspecified atom stereocenters. The Balaban J connectivity index is 0.00000484. The Morgan fingerprint density at radius 2 is 1.26 bits per heavy atom. The zero-order chi connectivity index (χ0) is 16.1. The molecule has 126 valence electrons. The molecule has 0 aliphatic carbocycles. The molecule has 1 rings (SSSR count). The normalized spacial score (nSPS) is 11.2. The van der Waals surface area contributed by atoms with Crippen LogP contribution in [0.5, 0.6) is 0 Å². The second kappa shape index (κ2) is 14.5. The molecule has 0 aliphatic rings. The van der Waals surface area contributed by atoms with Crippen molar-refractivity contribution in [2.45, 2.75) is 76.0 Å². The molecule has 0 amide bonds. The van der Waals surface area contributed by atoms with Gasteiger partial charge in [0.25, 0.3) is 10.1 Å². The molecule has 0 atom stereocenters. The molecule has 1 aromatic rings. The monoisotopic (exact) mass is 349 g/mol. The van der Waals surface area contributed by atoms with Crippen molar-refractivity contribution in [1.29, 1.82) is 0 Å². The van der Waals surface area contributed by atoms with Crippen molar-refractivity contribution >= 4 is 10.1 Å². The van der Waals surface area contributed by atoms with Crippen LogP contribution in [0.1, 0.15) is 71.1 Å². The Hall–Kier alpha value is 0.130. The first-order valence-corrected chi connectivity index (χ1v) is 10.0. The van der Waals surface area contributed by atoms with E-state index in [1.54, 1.807) is 30.3 Å². The van der Waals surface area contributed by atoms with Gasteiger partial charge in [-0.1, -0.05) is 82.9 Å². The van der Waals surface area contributed by atoms with Crippen LogP contribution in [0, 0.1) is 0 Å². The van der Waals surface area contributed by atoms with Crippen LogP contribution in [0.2, 0.25) is 0 Å². The summed E-state index contributed by atoms with van der Waals surface area (Å²) in [5.41, 5.74) is 0. The molecule has 0 N–H and O–H groups in total. The summed E-state index contributed by atoms with van der Waals surface area (Å²) in [5.74, 6) is 0. The third-order valence-corrected chi connectivity index (χ3v) is 5.09. The fraction of sp³-hybridized carbons (Fsp3) is 0.667. The molecule has 3 nitrogen and oxygen atoms in total. The third kappa shape index (κ3) is 11.3. The molecule has 0 fully saturated rings. The van der Waals surface area contributed by atoms with Gasteiger partial charge < -0.3 is 0 Å². The Bertz CT molecular complexity index is 474. The first-order chi connectivity index (χ1) is 10.7. The van der Waals surface area contributed by atoms with E-state index in [2.05, 4.69) is 6.92 Å². The van der Waals surface area contributed by atoms with Crippen LogP contribution in [-0.2, 0) is 14.3 Å². The van der Waals surface area contributed by atoms with Gasteiger partial charge in [0.05, 0.1) is 11.5 Å². The van der Waals surface area contributed by atoms with Crippen molar-refractivity contribution in [3.05, 3.63) is 30.3 Å². The van der Waals surface area contributed by atoms with Gasteiger partial charge in [-0.05, 0) is 18.6 Å². The second-order valence-electron chi connectivity index (χ2n) is 5.77. The number of unbranched alkanes of at least 4 members (excludes halogenated alkanes) is 9. The fourth-order valence-corrected chi connectivity index (χ4v) is 3.38. The van der Waals surface area contributed by atoms with Crippen LogP contribution in [-0.4, -0.2) is 15.0 Å². The Labute approximate surface area is 164 Å². The fourth-order valence-electron chi connectivity index (χ4n) is 2.41. The molecular weight excluding hydrogens is 319 g/mol. The van der Waals surface area contributed by atoms with Gasteiger partial charge in [-0.3, -0.25) is 4.18 Å². The summed E-state index contributed by atoms with van der Waals surface area (Å²) >= 11 is 0.